The number of aliphatic hydroxyl groups excluding tert-OH is 1. The molecule has 0 saturated heterocycles. The summed E-state index contributed by atoms with van der Waals surface area (Å²) in [4.78, 5) is 8.06. The first kappa shape index (κ1) is 12.5. The average molecular weight is 225 g/mol. The molecule has 1 heterocycles. The molecule has 2 unspecified atom stereocenters. The van der Waals surface area contributed by atoms with Gasteiger partial charge in [-0.15, -0.1) is 0 Å². The highest BCUT2D eigenvalue weighted by molar-refractivity contribution is 5.51. The van der Waals surface area contributed by atoms with Gasteiger partial charge in [-0.2, -0.15) is 9.97 Å². The Morgan fingerprint density at radius 2 is 2.00 bits per heavy atom. The number of rotatable bonds is 5. The number of aliphatic hydroxyl groups is 1. The van der Waals surface area contributed by atoms with Gasteiger partial charge in [-0.05, 0) is 12.8 Å². The third kappa shape index (κ3) is 3.23. The van der Waals surface area contributed by atoms with E-state index in [9.17, 15) is 0 Å². The van der Waals surface area contributed by atoms with Crippen molar-refractivity contribution in [1.29, 1.82) is 0 Å². The fraction of sp³-hybridized carbons (Fsp3) is 0.600. The van der Waals surface area contributed by atoms with E-state index in [-0.39, 0.29) is 24.5 Å². The van der Waals surface area contributed by atoms with Crippen LogP contribution in [-0.4, -0.2) is 34.8 Å². The van der Waals surface area contributed by atoms with Crippen molar-refractivity contribution in [1.82, 2.24) is 9.97 Å². The maximum atomic E-state index is 9.03. The lowest BCUT2D eigenvalue weighted by molar-refractivity contribution is 0.226. The van der Waals surface area contributed by atoms with Gasteiger partial charge in [-0.1, -0.05) is 6.92 Å². The van der Waals surface area contributed by atoms with Crippen molar-refractivity contribution < 1.29 is 5.11 Å². The van der Waals surface area contributed by atoms with Gasteiger partial charge in [0, 0.05) is 25.8 Å². The first-order chi connectivity index (χ1) is 7.56. The molecule has 1 aromatic heterocycles. The predicted molar refractivity (Wildman–Crippen MR) is 65.3 cm³/mol. The molecule has 2 atom stereocenters. The van der Waals surface area contributed by atoms with Crippen LogP contribution in [0.4, 0.5) is 17.6 Å². The van der Waals surface area contributed by atoms with Gasteiger partial charge in [-0.25, -0.2) is 0 Å². The van der Waals surface area contributed by atoms with Crippen molar-refractivity contribution in [3.63, 3.8) is 0 Å². The zero-order valence-electron chi connectivity index (χ0n) is 9.86. The summed E-state index contributed by atoms with van der Waals surface area (Å²) in [7, 11) is 1.77. The minimum atomic E-state index is 0.115. The molecule has 0 aliphatic heterocycles. The Hall–Kier alpha value is -1.56. The second kappa shape index (κ2) is 5.50. The molecule has 0 bridgehead atoms. The van der Waals surface area contributed by atoms with Gasteiger partial charge in [0.2, 0.25) is 5.95 Å². The van der Waals surface area contributed by atoms with Crippen molar-refractivity contribution >= 4 is 17.6 Å². The molecule has 0 aliphatic rings. The molecule has 0 saturated carbocycles. The number of aromatic nitrogens is 2. The Bertz CT molecular complexity index is 344. The number of nitrogens with zero attached hydrogens (tertiary/aromatic N) is 2. The van der Waals surface area contributed by atoms with Gasteiger partial charge in [0.1, 0.15) is 11.6 Å². The second-order valence-electron chi connectivity index (χ2n) is 3.84. The van der Waals surface area contributed by atoms with Crippen molar-refractivity contribution in [2.24, 2.45) is 5.92 Å². The molecule has 6 heteroatoms. The number of hydrogen-bond acceptors (Lipinski definition) is 6. The molecular formula is C10H19N5O. The monoisotopic (exact) mass is 225 g/mol. The third-order valence-corrected chi connectivity index (χ3v) is 2.52. The molecule has 0 fully saturated rings. The molecular weight excluding hydrogens is 206 g/mol. The minimum Gasteiger partial charge on any atom is -0.396 e. The van der Waals surface area contributed by atoms with Crippen molar-refractivity contribution in [3.05, 3.63) is 6.07 Å². The molecule has 90 valence electrons. The Morgan fingerprint density at radius 1 is 1.38 bits per heavy atom. The summed E-state index contributed by atoms with van der Waals surface area (Å²) >= 11 is 0. The zero-order chi connectivity index (χ0) is 12.1. The smallest absolute Gasteiger partial charge is 0.223 e. The number of nitrogens with two attached hydrogens (primary N) is 1. The molecule has 0 radical (unpaired) electrons. The normalized spacial score (nSPS) is 14.2. The maximum absolute atomic E-state index is 9.03. The summed E-state index contributed by atoms with van der Waals surface area (Å²) in [5.41, 5.74) is 5.57. The molecule has 5 N–H and O–H groups in total. The van der Waals surface area contributed by atoms with Crippen LogP contribution in [0.25, 0.3) is 0 Å². The lowest BCUT2D eigenvalue weighted by Gasteiger charge is -2.20. The summed E-state index contributed by atoms with van der Waals surface area (Å²) in [6, 6.07) is 1.89. The third-order valence-electron chi connectivity index (χ3n) is 2.52. The molecule has 6 nitrogen and oxygen atoms in total. The zero-order valence-corrected chi connectivity index (χ0v) is 9.86. The van der Waals surface area contributed by atoms with Gasteiger partial charge in [0.25, 0.3) is 0 Å². The van der Waals surface area contributed by atoms with Gasteiger partial charge < -0.3 is 21.5 Å². The highest BCUT2D eigenvalue weighted by Gasteiger charge is 2.12. The fourth-order valence-electron chi connectivity index (χ4n) is 1.20. The number of anilines is 3. The summed E-state index contributed by atoms with van der Waals surface area (Å²) in [6.07, 6.45) is 0. The van der Waals surface area contributed by atoms with Crippen LogP contribution in [0.2, 0.25) is 0 Å². The van der Waals surface area contributed by atoms with E-state index in [1.165, 1.54) is 0 Å². The van der Waals surface area contributed by atoms with Gasteiger partial charge in [0.15, 0.2) is 0 Å². The van der Waals surface area contributed by atoms with Gasteiger partial charge >= 0.3 is 0 Å². The van der Waals surface area contributed by atoms with Crippen LogP contribution in [0.3, 0.4) is 0 Å². The average Bonchev–Trinajstić information content (AvgIpc) is 2.26. The van der Waals surface area contributed by atoms with Crippen LogP contribution in [0.1, 0.15) is 13.8 Å². The van der Waals surface area contributed by atoms with E-state index in [1.807, 2.05) is 13.8 Å². The lowest BCUT2D eigenvalue weighted by Crippen LogP contribution is -2.26. The van der Waals surface area contributed by atoms with Crippen LogP contribution in [-0.2, 0) is 0 Å². The SMILES string of the molecule is CNc1cc(NC(C)C(C)CO)nc(N)n1. The van der Waals surface area contributed by atoms with Gasteiger partial charge in [0.05, 0.1) is 0 Å². The topological polar surface area (TPSA) is 96.1 Å². The summed E-state index contributed by atoms with van der Waals surface area (Å²) in [6.45, 7) is 4.08. The first-order valence-corrected chi connectivity index (χ1v) is 5.26. The van der Waals surface area contributed by atoms with Crippen LogP contribution in [0.5, 0.6) is 0 Å². The minimum absolute atomic E-state index is 0.115. The van der Waals surface area contributed by atoms with Crippen LogP contribution >= 0.6 is 0 Å². The molecule has 1 aromatic rings. The van der Waals surface area contributed by atoms with E-state index in [2.05, 4.69) is 20.6 Å². The molecule has 1 rings (SSSR count). The Balaban J connectivity index is 2.76. The Kier molecular flexibility index (Phi) is 4.30. The lowest BCUT2D eigenvalue weighted by atomic mass is 10.1. The van der Waals surface area contributed by atoms with E-state index in [4.69, 9.17) is 10.8 Å². The van der Waals surface area contributed by atoms with Crippen molar-refractivity contribution in [2.45, 2.75) is 19.9 Å². The molecule has 16 heavy (non-hydrogen) atoms. The maximum Gasteiger partial charge on any atom is 0.223 e. The largest absolute Gasteiger partial charge is 0.396 e. The number of nitrogens with one attached hydrogen (secondary N) is 2. The quantitative estimate of drug-likeness (QED) is 0.584. The van der Waals surface area contributed by atoms with E-state index < -0.39 is 0 Å². The van der Waals surface area contributed by atoms with Crippen LogP contribution < -0.4 is 16.4 Å². The van der Waals surface area contributed by atoms with Crippen LogP contribution in [0.15, 0.2) is 6.07 Å². The van der Waals surface area contributed by atoms with E-state index in [0.717, 1.165) is 0 Å². The molecule has 0 aromatic carbocycles. The van der Waals surface area contributed by atoms with Crippen molar-refractivity contribution in [2.75, 3.05) is 30.0 Å². The predicted octanol–water partition coefficient (Wildman–Crippen LogP) is 0.529. The highest BCUT2D eigenvalue weighted by atomic mass is 16.3. The standard InChI is InChI=1S/C10H19N5O/c1-6(5-16)7(2)13-9-4-8(12-3)14-10(11)15-9/h4,6-7,16H,5H2,1-3H3,(H4,11,12,13,14,15). The summed E-state index contributed by atoms with van der Waals surface area (Å²) < 4.78 is 0. The molecule has 0 spiro atoms. The molecule has 0 amide bonds. The second-order valence-corrected chi connectivity index (χ2v) is 3.84. The van der Waals surface area contributed by atoms with E-state index in [0.29, 0.717) is 11.6 Å². The Morgan fingerprint density at radius 3 is 2.56 bits per heavy atom. The van der Waals surface area contributed by atoms with Gasteiger partial charge in [-0.3, -0.25) is 0 Å². The van der Waals surface area contributed by atoms with Crippen molar-refractivity contribution in [3.8, 4) is 0 Å². The fourth-order valence-corrected chi connectivity index (χ4v) is 1.20. The summed E-state index contributed by atoms with van der Waals surface area (Å²) in [5.74, 6) is 1.69. The van der Waals surface area contributed by atoms with E-state index >= 15 is 0 Å². The number of nitrogen functional groups attached to an aromatic ring is 1. The van der Waals surface area contributed by atoms with E-state index in [1.54, 1.807) is 13.1 Å². The first-order valence-electron chi connectivity index (χ1n) is 5.26. The van der Waals surface area contributed by atoms with Crippen LogP contribution in [0, 0.1) is 5.92 Å². The number of hydrogen-bond donors (Lipinski definition) is 4. The molecule has 0 aliphatic carbocycles. The summed E-state index contributed by atoms with van der Waals surface area (Å²) in [5, 5.41) is 15.1. The highest BCUT2D eigenvalue weighted by Crippen LogP contribution is 2.15. The Labute approximate surface area is 95.3 Å².